The first kappa shape index (κ1) is 60.3. The number of ether oxygens (including phenoxy) is 3. The van der Waals surface area contributed by atoms with E-state index >= 15 is 0 Å². The number of allylic oxidation sites excluding steroid dienone is 20. The van der Waals surface area contributed by atoms with Crippen LogP contribution in [0, 0.1) is 0 Å². The first-order chi connectivity index (χ1) is 31.6. The Kier molecular flexibility index (Phi) is 50.5. The predicted molar refractivity (Wildman–Crippen MR) is 279 cm³/mol. The van der Waals surface area contributed by atoms with Crippen LogP contribution in [0.3, 0.4) is 0 Å². The molecule has 0 N–H and O–H groups in total. The molecule has 0 rings (SSSR count). The molecule has 0 aromatic carbocycles. The van der Waals surface area contributed by atoms with E-state index in [9.17, 15) is 9.59 Å². The highest BCUT2D eigenvalue weighted by Crippen LogP contribution is 2.12. The van der Waals surface area contributed by atoms with Gasteiger partial charge in [-0.2, -0.15) is 0 Å². The molecule has 1 atom stereocenters. The Bertz CT molecular complexity index is 1320. The zero-order chi connectivity index (χ0) is 46.3. The van der Waals surface area contributed by atoms with Gasteiger partial charge >= 0.3 is 11.9 Å². The average Bonchev–Trinajstić information content (AvgIpc) is 3.30. The van der Waals surface area contributed by atoms with Gasteiger partial charge in [0.2, 0.25) is 0 Å². The molecule has 0 aromatic rings. The molecule has 0 fully saturated rings. The second kappa shape index (κ2) is 53.6. The quantitative estimate of drug-likeness (QED) is 0.0346. The van der Waals surface area contributed by atoms with E-state index in [1.54, 1.807) is 0 Å². The third-order valence-corrected chi connectivity index (χ3v) is 10.5. The van der Waals surface area contributed by atoms with Crippen molar-refractivity contribution in [1.82, 2.24) is 0 Å². The lowest BCUT2D eigenvalue weighted by atomic mass is 10.1. The topological polar surface area (TPSA) is 61.8 Å². The van der Waals surface area contributed by atoms with Crippen molar-refractivity contribution in [3.05, 3.63) is 122 Å². The van der Waals surface area contributed by atoms with Crippen molar-refractivity contribution in [2.75, 3.05) is 19.8 Å². The molecule has 0 bridgehead atoms. The number of hydrogen-bond donors (Lipinski definition) is 0. The van der Waals surface area contributed by atoms with Crippen molar-refractivity contribution in [3.8, 4) is 0 Å². The van der Waals surface area contributed by atoms with Crippen LogP contribution in [0.1, 0.15) is 213 Å². The lowest BCUT2D eigenvalue weighted by molar-refractivity contribution is -0.163. The van der Waals surface area contributed by atoms with Gasteiger partial charge in [-0.25, -0.2) is 0 Å². The van der Waals surface area contributed by atoms with Gasteiger partial charge in [-0.1, -0.05) is 194 Å². The second-order valence-electron chi connectivity index (χ2n) is 16.7. The van der Waals surface area contributed by atoms with Crippen LogP contribution in [0.2, 0.25) is 0 Å². The largest absolute Gasteiger partial charge is 0.462 e. The summed E-state index contributed by atoms with van der Waals surface area (Å²) in [5.41, 5.74) is 0. The SMILES string of the molecule is CC/C=C\C/C=C\C/C=C\C/C=C\CCCCCCC(=O)OCC(COCCCCC/C=C\C/C=C\C/C=C\C/C=C\CC)OC(=O)CCCCCCC/C=C\C/C=C\CCCCC. The number of carbonyl (C=O) groups is 2. The van der Waals surface area contributed by atoms with Gasteiger partial charge in [-0.3, -0.25) is 9.59 Å². The van der Waals surface area contributed by atoms with Crippen LogP contribution in [-0.4, -0.2) is 37.9 Å². The van der Waals surface area contributed by atoms with Gasteiger partial charge in [0.1, 0.15) is 6.61 Å². The normalized spacial score (nSPS) is 13.2. The molecule has 0 aliphatic heterocycles. The van der Waals surface area contributed by atoms with Gasteiger partial charge < -0.3 is 14.2 Å². The minimum absolute atomic E-state index is 0.0460. The third kappa shape index (κ3) is 50.9. The van der Waals surface area contributed by atoms with E-state index in [2.05, 4.69) is 142 Å². The molecular weight excluding hydrogens is 789 g/mol. The summed E-state index contributed by atoms with van der Waals surface area (Å²) < 4.78 is 17.4. The van der Waals surface area contributed by atoms with Crippen LogP contribution < -0.4 is 0 Å². The Hall–Kier alpha value is -3.70. The Morgan fingerprint density at radius 2 is 0.703 bits per heavy atom. The van der Waals surface area contributed by atoms with Crippen molar-refractivity contribution in [3.63, 3.8) is 0 Å². The van der Waals surface area contributed by atoms with Crippen LogP contribution in [0.5, 0.6) is 0 Å². The van der Waals surface area contributed by atoms with Crippen molar-refractivity contribution in [1.29, 1.82) is 0 Å². The van der Waals surface area contributed by atoms with Gasteiger partial charge in [0.15, 0.2) is 6.10 Å². The molecule has 362 valence electrons. The van der Waals surface area contributed by atoms with E-state index in [4.69, 9.17) is 14.2 Å². The maximum atomic E-state index is 12.8. The van der Waals surface area contributed by atoms with Crippen molar-refractivity contribution >= 4 is 11.9 Å². The first-order valence-corrected chi connectivity index (χ1v) is 26.1. The van der Waals surface area contributed by atoms with Gasteiger partial charge in [0.05, 0.1) is 6.61 Å². The third-order valence-electron chi connectivity index (χ3n) is 10.5. The maximum absolute atomic E-state index is 12.8. The van der Waals surface area contributed by atoms with Crippen LogP contribution in [0.4, 0.5) is 0 Å². The Morgan fingerprint density at radius 1 is 0.359 bits per heavy atom. The van der Waals surface area contributed by atoms with E-state index in [1.165, 1.54) is 38.5 Å². The van der Waals surface area contributed by atoms with Gasteiger partial charge in [0.25, 0.3) is 0 Å². The summed E-state index contributed by atoms with van der Waals surface area (Å²) >= 11 is 0. The summed E-state index contributed by atoms with van der Waals surface area (Å²) in [6.07, 6.45) is 74.9. The molecule has 0 aliphatic rings. The van der Waals surface area contributed by atoms with Crippen molar-refractivity contribution < 1.29 is 23.8 Å². The Morgan fingerprint density at radius 3 is 1.12 bits per heavy atom. The molecule has 5 nitrogen and oxygen atoms in total. The molecule has 0 spiro atoms. The molecule has 64 heavy (non-hydrogen) atoms. The van der Waals surface area contributed by atoms with E-state index < -0.39 is 6.10 Å². The van der Waals surface area contributed by atoms with Crippen molar-refractivity contribution in [2.24, 2.45) is 0 Å². The van der Waals surface area contributed by atoms with Crippen molar-refractivity contribution in [2.45, 2.75) is 219 Å². The zero-order valence-corrected chi connectivity index (χ0v) is 41.5. The molecule has 0 saturated carbocycles. The van der Waals surface area contributed by atoms with Gasteiger partial charge in [-0.05, 0) is 128 Å². The maximum Gasteiger partial charge on any atom is 0.306 e. The average molecular weight is 885 g/mol. The number of hydrogen-bond acceptors (Lipinski definition) is 5. The number of carbonyl (C=O) groups excluding carboxylic acids is 2. The number of rotatable bonds is 46. The fourth-order valence-corrected chi connectivity index (χ4v) is 6.64. The fraction of sp³-hybridized carbons (Fsp3) is 0.627. The lowest BCUT2D eigenvalue weighted by Crippen LogP contribution is -2.30. The monoisotopic (exact) mass is 885 g/mol. The number of unbranched alkanes of at least 4 members (excludes halogenated alkanes) is 15. The predicted octanol–water partition coefficient (Wildman–Crippen LogP) is 17.8. The molecule has 0 radical (unpaired) electrons. The summed E-state index contributed by atoms with van der Waals surface area (Å²) in [5.74, 6) is -0.467. The minimum Gasteiger partial charge on any atom is -0.462 e. The molecule has 5 heteroatoms. The van der Waals surface area contributed by atoms with E-state index in [0.717, 1.165) is 141 Å². The molecule has 0 amide bonds. The van der Waals surface area contributed by atoms with Crippen LogP contribution in [0.25, 0.3) is 0 Å². The summed E-state index contributed by atoms with van der Waals surface area (Å²) in [6, 6.07) is 0. The minimum atomic E-state index is -0.579. The number of esters is 2. The van der Waals surface area contributed by atoms with Crippen LogP contribution in [-0.2, 0) is 23.8 Å². The van der Waals surface area contributed by atoms with E-state index in [0.29, 0.717) is 19.4 Å². The highest BCUT2D eigenvalue weighted by atomic mass is 16.6. The molecule has 0 saturated heterocycles. The molecule has 0 aliphatic carbocycles. The summed E-state index contributed by atoms with van der Waals surface area (Å²) in [6.45, 7) is 7.45. The highest BCUT2D eigenvalue weighted by molar-refractivity contribution is 5.70. The fourth-order valence-electron chi connectivity index (χ4n) is 6.64. The zero-order valence-electron chi connectivity index (χ0n) is 41.5. The standard InChI is InChI=1S/C59H96O5/c1-4-7-10-13-16-19-22-25-28-30-32-34-37-40-43-46-49-52-58(60)63-56-57(55-62-54-51-48-45-42-39-36-33-29-26-23-20-17-14-11-8-5-2)64-59(61)53-50-47-44-41-38-35-31-27-24-21-18-15-12-9-6-3/h7-8,10-11,16-21,25-29,31-32,34,36,39,57H,4-6,9,12-15,22-24,30,33,35,37-38,40-56H2,1-3H3/b10-7-,11-8-,19-16-,20-17-,21-18-,28-25-,29-26-,31-27-,34-32-,39-36-. The second-order valence-corrected chi connectivity index (χ2v) is 16.7. The van der Waals surface area contributed by atoms with Gasteiger partial charge in [0, 0.05) is 19.4 Å². The Balaban J connectivity index is 4.43. The van der Waals surface area contributed by atoms with E-state index in [-0.39, 0.29) is 25.2 Å². The van der Waals surface area contributed by atoms with Crippen LogP contribution in [0.15, 0.2) is 122 Å². The summed E-state index contributed by atoms with van der Waals surface area (Å²) in [7, 11) is 0. The van der Waals surface area contributed by atoms with Crippen LogP contribution >= 0.6 is 0 Å². The van der Waals surface area contributed by atoms with Gasteiger partial charge in [-0.15, -0.1) is 0 Å². The highest BCUT2D eigenvalue weighted by Gasteiger charge is 2.17. The molecule has 0 aromatic heterocycles. The lowest BCUT2D eigenvalue weighted by Gasteiger charge is -2.18. The summed E-state index contributed by atoms with van der Waals surface area (Å²) in [5, 5.41) is 0. The summed E-state index contributed by atoms with van der Waals surface area (Å²) in [4.78, 5) is 25.4. The molecule has 1 unspecified atom stereocenters. The molecular formula is C59H96O5. The first-order valence-electron chi connectivity index (χ1n) is 26.1. The van der Waals surface area contributed by atoms with E-state index in [1.807, 2.05) is 0 Å². The Labute approximate surface area is 395 Å². The molecule has 0 heterocycles. The smallest absolute Gasteiger partial charge is 0.306 e.